The first-order valence-electron chi connectivity index (χ1n) is 6.85. The average molecular weight is 347 g/mol. The van der Waals surface area contributed by atoms with Crippen LogP contribution in [-0.2, 0) is 0 Å². The van der Waals surface area contributed by atoms with Crippen molar-refractivity contribution in [3.63, 3.8) is 0 Å². The van der Waals surface area contributed by atoms with E-state index in [1.165, 1.54) is 5.56 Å². The van der Waals surface area contributed by atoms with Crippen LogP contribution in [0.25, 0.3) is 0 Å². The predicted octanol–water partition coefficient (Wildman–Crippen LogP) is 4.72. The number of hydrogen-bond donors (Lipinski definition) is 2. The number of benzene rings is 2. The number of amides is 1. The maximum atomic E-state index is 12.4. The second-order valence-electron chi connectivity index (χ2n) is 5.40. The lowest BCUT2D eigenvalue weighted by Gasteiger charge is -2.12. The fourth-order valence-corrected chi connectivity index (χ4v) is 2.59. The summed E-state index contributed by atoms with van der Waals surface area (Å²) in [6.07, 6.45) is 0. The zero-order valence-corrected chi connectivity index (χ0v) is 14.0. The molecule has 21 heavy (non-hydrogen) atoms. The Kier molecular flexibility index (Phi) is 4.68. The summed E-state index contributed by atoms with van der Waals surface area (Å²) in [4.78, 5) is 12.4. The van der Waals surface area contributed by atoms with Crippen LogP contribution in [0.1, 0.15) is 41.3 Å². The molecule has 0 aliphatic carbocycles. The van der Waals surface area contributed by atoms with Crippen LogP contribution >= 0.6 is 15.9 Å². The number of hydrogen-bond acceptors (Lipinski definition) is 2. The molecular weight excluding hydrogens is 328 g/mol. The summed E-state index contributed by atoms with van der Waals surface area (Å²) >= 11 is 3.37. The first-order valence-corrected chi connectivity index (χ1v) is 7.64. The standard InChI is InChI=1S/C17H19BrN2O/c1-10(2)12-5-4-6-14(7-12)20-17(21)15-8-13(18)9-16(19)11(15)3/h4-10H,19H2,1-3H3,(H,20,21). The molecule has 0 unspecified atom stereocenters. The largest absolute Gasteiger partial charge is 0.398 e. The van der Waals surface area contributed by atoms with Crippen molar-refractivity contribution in [3.8, 4) is 0 Å². The zero-order chi connectivity index (χ0) is 15.6. The van der Waals surface area contributed by atoms with Gasteiger partial charge in [-0.05, 0) is 48.2 Å². The number of halogens is 1. The van der Waals surface area contributed by atoms with E-state index < -0.39 is 0 Å². The number of nitrogens with two attached hydrogens (primary N) is 1. The highest BCUT2D eigenvalue weighted by molar-refractivity contribution is 9.10. The van der Waals surface area contributed by atoms with E-state index in [1.807, 2.05) is 25.1 Å². The molecule has 3 N–H and O–H groups in total. The van der Waals surface area contributed by atoms with E-state index in [-0.39, 0.29) is 5.91 Å². The minimum absolute atomic E-state index is 0.151. The SMILES string of the molecule is Cc1c(N)cc(Br)cc1C(=O)Nc1cccc(C(C)C)c1. The van der Waals surface area contributed by atoms with E-state index in [4.69, 9.17) is 5.73 Å². The van der Waals surface area contributed by atoms with Crippen molar-refractivity contribution < 1.29 is 4.79 Å². The van der Waals surface area contributed by atoms with Gasteiger partial charge in [-0.2, -0.15) is 0 Å². The Morgan fingerprint density at radius 1 is 1.24 bits per heavy atom. The molecule has 2 aromatic carbocycles. The zero-order valence-electron chi connectivity index (χ0n) is 12.4. The van der Waals surface area contributed by atoms with Crippen molar-refractivity contribution >= 4 is 33.2 Å². The van der Waals surface area contributed by atoms with Gasteiger partial charge in [-0.15, -0.1) is 0 Å². The quantitative estimate of drug-likeness (QED) is 0.790. The topological polar surface area (TPSA) is 55.1 Å². The molecule has 0 saturated carbocycles. The van der Waals surface area contributed by atoms with Crippen molar-refractivity contribution in [1.82, 2.24) is 0 Å². The molecule has 1 amide bonds. The molecule has 0 fully saturated rings. The average Bonchev–Trinajstić information content (AvgIpc) is 2.43. The van der Waals surface area contributed by atoms with Crippen molar-refractivity contribution in [2.45, 2.75) is 26.7 Å². The molecule has 0 bridgehead atoms. The van der Waals surface area contributed by atoms with Crippen LogP contribution in [0, 0.1) is 6.92 Å². The van der Waals surface area contributed by atoms with Gasteiger partial charge in [0.05, 0.1) is 0 Å². The van der Waals surface area contributed by atoms with Gasteiger partial charge in [0.15, 0.2) is 0 Å². The lowest BCUT2D eigenvalue weighted by molar-refractivity contribution is 0.102. The Balaban J connectivity index is 2.28. The van der Waals surface area contributed by atoms with Gasteiger partial charge >= 0.3 is 0 Å². The summed E-state index contributed by atoms with van der Waals surface area (Å²) in [6, 6.07) is 11.5. The van der Waals surface area contributed by atoms with Crippen LogP contribution in [0.15, 0.2) is 40.9 Å². The maximum Gasteiger partial charge on any atom is 0.256 e. The summed E-state index contributed by atoms with van der Waals surface area (Å²) in [5, 5.41) is 2.93. The number of anilines is 2. The third kappa shape index (κ3) is 3.64. The molecule has 0 spiro atoms. The highest BCUT2D eigenvalue weighted by Crippen LogP contribution is 2.24. The van der Waals surface area contributed by atoms with Gasteiger partial charge in [0, 0.05) is 21.4 Å². The Morgan fingerprint density at radius 2 is 1.95 bits per heavy atom. The molecule has 3 nitrogen and oxygen atoms in total. The first kappa shape index (κ1) is 15.6. The minimum atomic E-state index is -0.151. The molecular formula is C17H19BrN2O. The van der Waals surface area contributed by atoms with Gasteiger partial charge in [-0.25, -0.2) is 0 Å². The second-order valence-corrected chi connectivity index (χ2v) is 6.32. The normalized spacial score (nSPS) is 10.7. The van der Waals surface area contributed by atoms with E-state index in [0.29, 0.717) is 17.2 Å². The molecule has 0 heterocycles. The van der Waals surface area contributed by atoms with E-state index in [1.54, 1.807) is 12.1 Å². The smallest absolute Gasteiger partial charge is 0.256 e. The van der Waals surface area contributed by atoms with Crippen molar-refractivity contribution in [1.29, 1.82) is 0 Å². The lowest BCUT2D eigenvalue weighted by atomic mass is 10.0. The fourth-order valence-electron chi connectivity index (χ4n) is 2.11. The van der Waals surface area contributed by atoms with Crippen LogP contribution in [-0.4, -0.2) is 5.91 Å². The van der Waals surface area contributed by atoms with Gasteiger partial charge in [0.25, 0.3) is 5.91 Å². The number of carbonyl (C=O) groups is 1. The first-order chi connectivity index (χ1) is 9.88. The molecule has 110 valence electrons. The predicted molar refractivity (Wildman–Crippen MR) is 91.8 cm³/mol. The molecule has 4 heteroatoms. The van der Waals surface area contributed by atoms with Gasteiger partial charge in [-0.3, -0.25) is 4.79 Å². The van der Waals surface area contributed by atoms with Crippen LogP contribution in [0.4, 0.5) is 11.4 Å². The maximum absolute atomic E-state index is 12.4. The number of nitrogens with one attached hydrogen (secondary N) is 1. The third-order valence-corrected chi connectivity index (χ3v) is 3.93. The molecule has 0 radical (unpaired) electrons. The van der Waals surface area contributed by atoms with Crippen molar-refractivity contribution in [2.75, 3.05) is 11.1 Å². The minimum Gasteiger partial charge on any atom is -0.398 e. The molecule has 0 aliphatic heterocycles. The van der Waals surface area contributed by atoms with Crippen LogP contribution < -0.4 is 11.1 Å². The Labute approximate surface area is 133 Å². The Bertz CT molecular complexity index is 680. The highest BCUT2D eigenvalue weighted by atomic mass is 79.9. The molecule has 0 aliphatic rings. The summed E-state index contributed by atoms with van der Waals surface area (Å²) in [5.41, 5.74) is 9.87. The van der Waals surface area contributed by atoms with Crippen molar-refractivity contribution in [2.24, 2.45) is 0 Å². The molecule has 0 saturated heterocycles. The third-order valence-electron chi connectivity index (χ3n) is 3.47. The summed E-state index contributed by atoms with van der Waals surface area (Å²) in [5.74, 6) is 0.270. The highest BCUT2D eigenvalue weighted by Gasteiger charge is 2.13. The van der Waals surface area contributed by atoms with Gasteiger partial charge < -0.3 is 11.1 Å². The lowest BCUT2D eigenvalue weighted by Crippen LogP contribution is -2.14. The second kappa shape index (κ2) is 6.31. The monoisotopic (exact) mass is 346 g/mol. The molecule has 2 aromatic rings. The van der Waals surface area contributed by atoms with Gasteiger partial charge in [0.2, 0.25) is 0 Å². The molecule has 2 rings (SSSR count). The Morgan fingerprint density at radius 3 is 2.62 bits per heavy atom. The molecule has 0 atom stereocenters. The van der Waals surface area contributed by atoms with E-state index in [0.717, 1.165) is 15.7 Å². The summed E-state index contributed by atoms with van der Waals surface area (Å²) < 4.78 is 0.798. The van der Waals surface area contributed by atoms with Crippen LogP contribution in [0.2, 0.25) is 0 Å². The number of nitrogen functional groups attached to an aromatic ring is 1. The Hall–Kier alpha value is -1.81. The number of carbonyl (C=O) groups excluding carboxylic acids is 1. The van der Waals surface area contributed by atoms with Crippen LogP contribution in [0.5, 0.6) is 0 Å². The van der Waals surface area contributed by atoms with Crippen LogP contribution in [0.3, 0.4) is 0 Å². The summed E-state index contributed by atoms with van der Waals surface area (Å²) in [7, 11) is 0. The van der Waals surface area contributed by atoms with Crippen molar-refractivity contribution in [3.05, 3.63) is 57.6 Å². The fraction of sp³-hybridized carbons (Fsp3) is 0.235. The summed E-state index contributed by atoms with van der Waals surface area (Å²) in [6.45, 7) is 6.10. The van der Waals surface area contributed by atoms with E-state index in [9.17, 15) is 4.79 Å². The van der Waals surface area contributed by atoms with Gasteiger partial charge in [0.1, 0.15) is 0 Å². The molecule has 0 aromatic heterocycles. The van der Waals surface area contributed by atoms with E-state index in [2.05, 4.69) is 41.2 Å². The number of rotatable bonds is 3. The van der Waals surface area contributed by atoms with Gasteiger partial charge in [-0.1, -0.05) is 41.9 Å². The van der Waals surface area contributed by atoms with E-state index >= 15 is 0 Å².